The number of aromatic nitrogens is 3. The molecule has 2 aromatic rings. The van der Waals surface area contributed by atoms with Gasteiger partial charge in [0.1, 0.15) is 5.56 Å². The predicted molar refractivity (Wildman–Crippen MR) is 84.2 cm³/mol. The molecule has 21 heavy (non-hydrogen) atoms. The number of hydrogen-bond acceptors (Lipinski definition) is 5. The van der Waals surface area contributed by atoms with E-state index in [0.29, 0.717) is 17.4 Å². The van der Waals surface area contributed by atoms with Crippen molar-refractivity contribution in [1.82, 2.24) is 14.8 Å². The number of carboxylic acid groups (broad SMARTS) is 1. The van der Waals surface area contributed by atoms with Gasteiger partial charge in [-0.25, -0.2) is 9.78 Å². The Bertz CT molecular complexity index is 692. The number of nitrogens with zero attached hydrogens (tertiary/aromatic N) is 3. The molecule has 1 fully saturated rings. The van der Waals surface area contributed by atoms with Gasteiger partial charge in [-0.15, -0.1) is 0 Å². The first-order valence-corrected chi connectivity index (χ1v) is 8.13. The number of anilines is 1. The first kappa shape index (κ1) is 14.2. The predicted octanol–water partition coefficient (Wildman–Crippen LogP) is 2.28. The number of pyridine rings is 1. The van der Waals surface area contributed by atoms with Crippen molar-refractivity contribution in [1.29, 1.82) is 0 Å². The van der Waals surface area contributed by atoms with Gasteiger partial charge in [-0.1, -0.05) is 0 Å². The molecule has 1 aliphatic rings. The Morgan fingerprint density at radius 3 is 2.86 bits per heavy atom. The van der Waals surface area contributed by atoms with Crippen LogP contribution in [0.1, 0.15) is 28.9 Å². The van der Waals surface area contributed by atoms with Crippen LogP contribution in [0.25, 0.3) is 11.0 Å². The summed E-state index contributed by atoms with van der Waals surface area (Å²) in [5.41, 5.74) is 2.40. The van der Waals surface area contributed by atoms with Gasteiger partial charge in [0, 0.05) is 19.3 Å². The van der Waals surface area contributed by atoms with Crippen LogP contribution in [0.5, 0.6) is 0 Å². The van der Waals surface area contributed by atoms with Crippen LogP contribution in [-0.4, -0.2) is 43.4 Å². The Labute approximate surface area is 126 Å². The summed E-state index contributed by atoms with van der Waals surface area (Å²) in [7, 11) is 1.82. The molecule has 0 amide bonds. The van der Waals surface area contributed by atoms with Gasteiger partial charge in [-0.3, -0.25) is 4.68 Å². The van der Waals surface area contributed by atoms with E-state index in [4.69, 9.17) is 0 Å². The molecular weight excluding hydrogens is 288 g/mol. The molecule has 112 valence electrons. The van der Waals surface area contributed by atoms with E-state index in [1.165, 1.54) is 6.20 Å². The summed E-state index contributed by atoms with van der Waals surface area (Å²) in [5.74, 6) is 1.26. The molecule has 0 saturated carbocycles. The lowest BCUT2D eigenvalue weighted by atomic mass is 10.1. The van der Waals surface area contributed by atoms with Crippen LogP contribution in [-0.2, 0) is 7.05 Å². The molecule has 0 aliphatic carbocycles. The van der Waals surface area contributed by atoms with Crippen LogP contribution < -0.4 is 5.32 Å². The molecule has 0 unspecified atom stereocenters. The average Bonchev–Trinajstić information content (AvgIpc) is 2.75. The van der Waals surface area contributed by atoms with Crippen molar-refractivity contribution >= 4 is 34.5 Å². The van der Waals surface area contributed by atoms with Crippen molar-refractivity contribution in [2.24, 2.45) is 7.05 Å². The molecule has 0 radical (unpaired) electrons. The highest BCUT2D eigenvalue weighted by molar-refractivity contribution is 7.99. The fourth-order valence-electron chi connectivity index (χ4n) is 2.77. The summed E-state index contributed by atoms with van der Waals surface area (Å²) in [6.45, 7) is 1.89. The Kier molecular flexibility index (Phi) is 3.75. The van der Waals surface area contributed by atoms with Crippen LogP contribution in [0.4, 0.5) is 5.69 Å². The molecule has 0 bridgehead atoms. The van der Waals surface area contributed by atoms with Crippen molar-refractivity contribution in [3.63, 3.8) is 0 Å². The number of rotatable bonds is 3. The highest BCUT2D eigenvalue weighted by Gasteiger charge is 2.22. The fourth-order valence-corrected chi connectivity index (χ4v) is 3.88. The van der Waals surface area contributed by atoms with Gasteiger partial charge in [0.05, 0.1) is 16.8 Å². The van der Waals surface area contributed by atoms with Crippen molar-refractivity contribution in [3.05, 3.63) is 17.5 Å². The number of nitrogens with one attached hydrogen (secondary N) is 1. The van der Waals surface area contributed by atoms with E-state index in [1.807, 2.05) is 25.7 Å². The second-order valence-corrected chi connectivity index (χ2v) is 6.52. The third-order valence-corrected chi connectivity index (χ3v) is 4.88. The Morgan fingerprint density at radius 1 is 1.48 bits per heavy atom. The highest BCUT2D eigenvalue weighted by atomic mass is 32.2. The van der Waals surface area contributed by atoms with Crippen molar-refractivity contribution in [2.45, 2.75) is 25.8 Å². The number of carbonyl (C=O) groups is 1. The van der Waals surface area contributed by atoms with Gasteiger partial charge in [0.15, 0.2) is 5.65 Å². The number of carboxylic acids is 1. The SMILES string of the molecule is Cc1nn(C)c2ncc(C(=O)O)c(NC3CCSCC3)c12. The Hall–Kier alpha value is -1.76. The van der Waals surface area contributed by atoms with Crippen LogP contribution >= 0.6 is 11.8 Å². The maximum absolute atomic E-state index is 11.5. The van der Waals surface area contributed by atoms with Crippen LogP contribution in [0.15, 0.2) is 6.20 Å². The van der Waals surface area contributed by atoms with Gasteiger partial charge < -0.3 is 10.4 Å². The number of aromatic carboxylic acids is 1. The minimum atomic E-state index is -0.958. The Balaban J connectivity index is 2.11. The minimum Gasteiger partial charge on any atom is -0.478 e. The van der Waals surface area contributed by atoms with E-state index in [9.17, 15) is 9.90 Å². The molecule has 6 nitrogen and oxygen atoms in total. The zero-order chi connectivity index (χ0) is 15.0. The number of aryl methyl sites for hydroxylation is 2. The molecular formula is C14H18N4O2S. The molecule has 7 heteroatoms. The maximum Gasteiger partial charge on any atom is 0.339 e. The average molecular weight is 306 g/mol. The molecule has 3 heterocycles. The first-order chi connectivity index (χ1) is 10.1. The topological polar surface area (TPSA) is 80.0 Å². The summed E-state index contributed by atoms with van der Waals surface area (Å²) in [6.07, 6.45) is 3.52. The second kappa shape index (κ2) is 5.55. The van der Waals surface area contributed by atoms with E-state index in [1.54, 1.807) is 4.68 Å². The number of hydrogen-bond donors (Lipinski definition) is 2. The van der Waals surface area contributed by atoms with Gasteiger partial charge >= 0.3 is 5.97 Å². The monoisotopic (exact) mass is 306 g/mol. The summed E-state index contributed by atoms with van der Waals surface area (Å²) in [6, 6.07) is 0.314. The molecule has 2 N–H and O–H groups in total. The lowest BCUT2D eigenvalue weighted by molar-refractivity contribution is 0.0697. The summed E-state index contributed by atoms with van der Waals surface area (Å²) in [4.78, 5) is 15.8. The van der Waals surface area contributed by atoms with Gasteiger partial charge in [-0.2, -0.15) is 16.9 Å². The van der Waals surface area contributed by atoms with Gasteiger partial charge in [-0.05, 0) is 31.3 Å². The lowest BCUT2D eigenvalue weighted by Gasteiger charge is -2.24. The van der Waals surface area contributed by atoms with Crippen molar-refractivity contribution in [3.8, 4) is 0 Å². The Morgan fingerprint density at radius 2 is 2.19 bits per heavy atom. The minimum absolute atomic E-state index is 0.219. The van der Waals surface area contributed by atoms with E-state index in [2.05, 4.69) is 15.4 Å². The third kappa shape index (κ3) is 2.57. The molecule has 1 aliphatic heterocycles. The van der Waals surface area contributed by atoms with Gasteiger partial charge in [0.2, 0.25) is 0 Å². The smallest absolute Gasteiger partial charge is 0.339 e. The standard InChI is InChI=1S/C14H18N4O2S/c1-8-11-12(16-9-3-5-21-6-4-9)10(14(19)20)7-15-13(11)18(2)17-8/h7,9H,3-6H2,1-2H3,(H,15,16)(H,19,20). The summed E-state index contributed by atoms with van der Waals surface area (Å²) >= 11 is 1.95. The molecule has 3 rings (SSSR count). The fraction of sp³-hybridized carbons (Fsp3) is 0.500. The first-order valence-electron chi connectivity index (χ1n) is 6.98. The summed E-state index contributed by atoms with van der Waals surface area (Å²) in [5, 5.41) is 18.1. The highest BCUT2D eigenvalue weighted by Crippen LogP contribution is 2.31. The molecule has 0 aromatic carbocycles. The number of thioether (sulfide) groups is 1. The van der Waals surface area contributed by atoms with E-state index in [-0.39, 0.29) is 5.56 Å². The van der Waals surface area contributed by atoms with E-state index >= 15 is 0 Å². The maximum atomic E-state index is 11.5. The van der Waals surface area contributed by atoms with E-state index in [0.717, 1.165) is 35.4 Å². The van der Waals surface area contributed by atoms with Gasteiger partial charge in [0.25, 0.3) is 0 Å². The molecule has 0 spiro atoms. The van der Waals surface area contributed by atoms with Crippen LogP contribution in [0.2, 0.25) is 0 Å². The quantitative estimate of drug-likeness (QED) is 0.905. The second-order valence-electron chi connectivity index (χ2n) is 5.29. The number of fused-ring (bicyclic) bond motifs is 1. The zero-order valence-corrected chi connectivity index (χ0v) is 12.9. The zero-order valence-electron chi connectivity index (χ0n) is 12.1. The molecule has 2 aromatic heterocycles. The third-order valence-electron chi connectivity index (χ3n) is 3.83. The van der Waals surface area contributed by atoms with Crippen LogP contribution in [0, 0.1) is 6.92 Å². The van der Waals surface area contributed by atoms with E-state index < -0.39 is 5.97 Å². The summed E-state index contributed by atoms with van der Waals surface area (Å²) < 4.78 is 1.69. The van der Waals surface area contributed by atoms with Crippen molar-refractivity contribution < 1.29 is 9.90 Å². The normalized spacial score (nSPS) is 16.3. The molecule has 1 saturated heterocycles. The molecule has 0 atom stereocenters. The largest absolute Gasteiger partial charge is 0.478 e. The van der Waals surface area contributed by atoms with Crippen molar-refractivity contribution in [2.75, 3.05) is 16.8 Å². The lowest BCUT2D eigenvalue weighted by Crippen LogP contribution is -2.25. The van der Waals surface area contributed by atoms with Crippen LogP contribution in [0.3, 0.4) is 0 Å².